The van der Waals surface area contributed by atoms with Crippen molar-refractivity contribution >= 4 is 98.3 Å². The molecule has 0 radical (unpaired) electrons. The molecule has 1 aliphatic rings. The Hall–Kier alpha value is -6.98. The van der Waals surface area contributed by atoms with E-state index in [0.717, 1.165) is 88.4 Å². The Morgan fingerprint density at radius 2 is 1.10 bits per heavy atom. The summed E-state index contributed by atoms with van der Waals surface area (Å²) in [4.78, 5) is 10.8. The Labute approximate surface area is 288 Å². The highest BCUT2D eigenvalue weighted by Crippen LogP contribution is 2.52. The van der Waals surface area contributed by atoms with Gasteiger partial charge in [0.15, 0.2) is 5.82 Å². The first-order valence-electron chi connectivity index (χ1n) is 17.3. The van der Waals surface area contributed by atoms with Gasteiger partial charge in [-0.05, 0) is 75.8 Å². The molecule has 0 aliphatic heterocycles. The minimum absolute atomic E-state index is 0.761. The van der Waals surface area contributed by atoms with Crippen LogP contribution in [0.25, 0.3) is 126 Å². The minimum Gasteiger partial charge on any atom is -0.455 e. The molecule has 12 aromatic rings. The lowest BCUT2D eigenvalue weighted by molar-refractivity contribution is 0.669. The maximum absolute atomic E-state index is 6.82. The number of aromatic nitrogens is 3. The van der Waals surface area contributed by atoms with Gasteiger partial charge in [-0.15, -0.1) is 0 Å². The summed E-state index contributed by atoms with van der Waals surface area (Å²) in [5.74, 6) is 0.761. The zero-order valence-corrected chi connectivity index (χ0v) is 26.9. The molecule has 0 unspecified atom stereocenters. The Kier molecular flexibility index (Phi) is 4.57. The fourth-order valence-electron chi connectivity index (χ4n) is 8.99. The third-order valence-corrected chi connectivity index (χ3v) is 11.1. The van der Waals surface area contributed by atoms with Crippen molar-refractivity contribution in [2.24, 2.45) is 0 Å². The molecule has 13 rings (SSSR count). The lowest BCUT2D eigenvalue weighted by atomic mass is 9.93. The number of para-hydroxylation sites is 4. The Morgan fingerprint density at radius 3 is 2.02 bits per heavy atom. The third-order valence-electron chi connectivity index (χ3n) is 11.1. The number of fused-ring (bicyclic) bond motifs is 7. The van der Waals surface area contributed by atoms with Crippen molar-refractivity contribution in [3.63, 3.8) is 0 Å². The SMILES string of the molecule is c1ccc2c(c1)cc1c3c2oc2ccc4c(c23)c2c3c-1cccc3ccc2n4-c1nc2ccccc2nc1-c1cccc2c1oc1ccccc12. The van der Waals surface area contributed by atoms with Crippen LogP contribution >= 0.6 is 0 Å². The first kappa shape index (κ1) is 26.0. The van der Waals surface area contributed by atoms with Crippen molar-refractivity contribution in [3.8, 4) is 28.2 Å². The van der Waals surface area contributed by atoms with Gasteiger partial charge in [-0.25, -0.2) is 9.97 Å². The van der Waals surface area contributed by atoms with Crippen molar-refractivity contribution in [3.05, 3.63) is 140 Å². The van der Waals surface area contributed by atoms with Crippen LogP contribution in [0.2, 0.25) is 0 Å². The van der Waals surface area contributed by atoms with E-state index in [1.54, 1.807) is 0 Å². The number of rotatable bonds is 2. The molecule has 0 atom stereocenters. The van der Waals surface area contributed by atoms with Crippen LogP contribution in [-0.4, -0.2) is 14.5 Å². The topological polar surface area (TPSA) is 57.0 Å². The molecule has 5 heteroatoms. The summed E-state index contributed by atoms with van der Waals surface area (Å²) in [6, 6.07) is 49.1. The number of hydrogen-bond acceptors (Lipinski definition) is 4. The summed E-state index contributed by atoms with van der Waals surface area (Å²) in [5, 5.41) is 11.6. The summed E-state index contributed by atoms with van der Waals surface area (Å²) >= 11 is 0. The predicted octanol–water partition coefficient (Wildman–Crippen LogP) is 12.5. The highest BCUT2D eigenvalue weighted by atomic mass is 16.3. The van der Waals surface area contributed by atoms with Crippen LogP contribution in [0.3, 0.4) is 0 Å². The molecule has 234 valence electrons. The smallest absolute Gasteiger partial charge is 0.165 e. The molecular formula is C46H23N3O2. The molecule has 0 fully saturated rings. The lowest BCUT2D eigenvalue weighted by Gasteiger charge is -2.15. The van der Waals surface area contributed by atoms with Crippen LogP contribution in [-0.2, 0) is 0 Å². The Balaban J connectivity index is 1.26. The molecule has 0 bridgehead atoms. The monoisotopic (exact) mass is 649 g/mol. The highest BCUT2D eigenvalue weighted by molar-refractivity contribution is 6.39. The van der Waals surface area contributed by atoms with Crippen LogP contribution in [0.1, 0.15) is 0 Å². The second-order valence-electron chi connectivity index (χ2n) is 13.6. The van der Waals surface area contributed by atoms with Gasteiger partial charge in [0, 0.05) is 43.3 Å². The van der Waals surface area contributed by atoms with Gasteiger partial charge in [0.05, 0.1) is 22.1 Å². The van der Waals surface area contributed by atoms with Crippen molar-refractivity contribution in [2.75, 3.05) is 0 Å². The van der Waals surface area contributed by atoms with Gasteiger partial charge in [-0.1, -0.05) is 91.0 Å². The molecule has 0 N–H and O–H groups in total. The van der Waals surface area contributed by atoms with Gasteiger partial charge < -0.3 is 8.83 Å². The van der Waals surface area contributed by atoms with E-state index in [9.17, 15) is 0 Å². The maximum Gasteiger partial charge on any atom is 0.165 e. The summed E-state index contributed by atoms with van der Waals surface area (Å²) in [5.41, 5.74) is 11.4. The fraction of sp³-hybridized carbons (Fsp3) is 0. The molecule has 0 spiro atoms. The first-order valence-corrected chi connectivity index (χ1v) is 17.3. The molecule has 0 amide bonds. The van der Waals surface area contributed by atoms with Crippen LogP contribution in [0.5, 0.6) is 0 Å². The van der Waals surface area contributed by atoms with Crippen LogP contribution in [0.4, 0.5) is 0 Å². The fourth-order valence-corrected chi connectivity index (χ4v) is 8.99. The first-order chi connectivity index (χ1) is 25.3. The van der Waals surface area contributed by atoms with E-state index in [1.807, 2.05) is 36.4 Å². The normalized spacial score (nSPS) is 12.7. The van der Waals surface area contributed by atoms with Gasteiger partial charge in [0.1, 0.15) is 28.0 Å². The van der Waals surface area contributed by atoms with Gasteiger partial charge >= 0.3 is 0 Å². The predicted molar refractivity (Wildman–Crippen MR) is 208 cm³/mol. The number of nitrogens with zero attached hydrogens (tertiary/aromatic N) is 3. The van der Waals surface area contributed by atoms with Gasteiger partial charge in [0.25, 0.3) is 0 Å². The third kappa shape index (κ3) is 3.13. The van der Waals surface area contributed by atoms with E-state index in [0.29, 0.717) is 0 Å². The summed E-state index contributed by atoms with van der Waals surface area (Å²) < 4.78 is 15.7. The quantitative estimate of drug-likeness (QED) is 0.187. The van der Waals surface area contributed by atoms with Crippen molar-refractivity contribution in [1.29, 1.82) is 0 Å². The molecular weight excluding hydrogens is 627 g/mol. The standard InChI is InChI=1S/C46H23N3O2/c1-2-11-26-25(9-1)23-31-28-13-7-10-24-19-20-34-40(38(24)28)41-35(21-22-37-42(41)39(31)45(26)51-37)49(34)46-43(47-32-16-4-5-17-33(32)48-46)30-15-8-14-29-27-12-3-6-18-36(27)50-44(29)30/h1-23H. The van der Waals surface area contributed by atoms with E-state index in [4.69, 9.17) is 18.8 Å². The molecule has 0 saturated heterocycles. The average molecular weight is 650 g/mol. The van der Waals surface area contributed by atoms with Gasteiger partial charge in [0.2, 0.25) is 0 Å². The lowest BCUT2D eigenvalue weighted by Crippen LogP contribution is -2.04. The van der Waals surface area contributed by atoms with Gasteiger partial charge in [-0.2, -0.15) is 0 Å². The van der Waals surface area contributed by atoms with E-state index in [2.05, 4.69) is 108 Å². The van der Waals surface area contributed by atoms with E-state index in [1.165, 1.54) is 38.1 Å². The average Bonchev–Trinajstić information content (AvgIpc) is 3.84. The zero-order valence-electron chi connectivity index (χ0n) is 26.9. The highest BCUT2D eigenvalue weighted by Gasteiger charge is 2.29. The molecule has 1 aliphatic carbocycles. The number of hydrogen-bond donors (Lipinski definition) is 0. The van der Waals surface area contributed by atoms with E-state index < -0.39 is 0 Å². The van der Waals surface area contributed by atoms with E-state index >= 15 is 0 Å². The molecule has 0 saturated carbocycles. The Morgan fingerprint density at radius 1 is 0.412 bits per heavy atom. The largest absolute Gasteiger partial charge is 0.455 e. The molecule has 51 heavy (non-hydrogen) atoms. The van der Waals surface area contributed by atoms with Crippen LogP contribution < -0.4 is 0 Å². The van der Waals surface area contributed by atoms with Crippen molar-refractivity contribution < 1.29 is 8.83 Å². The molecule has 4 heterocycles. The van der Waals surface area contributed by atoms with Crippen molar-refractivity contribution in [1.82, 2.24) is 14.5 Å². The zero-order chi connectivity index (χ0) is 32.9. The molecule has 8 aromatic carbocycles. The maximum atomic E-state index is 6.82. The molecule has 4 aromatic heterocycles. The van der Waals surface area contributed by atoms with Gasteiger partial charge in [-0.3, -0.25) is 4.57 Å². The summed E-state index contributed by atoms with van der Waals surface area (Å²) in [6.07, 6.45) is 0. The minimum atomic E-state index is 0.761. The molecule has 5 nitrogen and oxygen atoms in total. The van der Waals surface area contributed by atoms with Crippen LogP contribution in [0.15, 0.2) is 148 Å². The number of furan rings is 2. The Bertz CT molecular complexity index is 3550. The van der Waals surface area contributed by atoms with E-state index in [-0.39, 0.29) is 0 Å². The van der Waals surface area contributed by atoms with Crippen LogP contribution in [0, 0.1) is 0 Å². The second kappa shape index (κ2) is 8.97. The summed E-state index contributed by atoms with van der Waals surface area (Å²) in [6.45, 7) is 0. The summed E-state index contributed by atoms with van der Waals surface area (Å²) in [7, 11) is 0. The second-order valence-corrected chi connectivity index (χ2v) is 13.6. The number of benzene rings is 8. The van der Waals surface area contributed by atoms with Crippen molar-refractivity contribution in [2.45, 2.75) is 0 Å².